The third-order valence-electron chi connectivity index (χ3n) is 5.55. The molecule has 166 valence electrons. The van der Waals surface area contributed by atoms with Crippen LogP contribution in [0.3, 0.4) is 0 Å². The summed E-state index contributed by atoms with van der Waals surface area (Å²) in [5.74, 6) is 7.56. The molecule has 0 spiro atoms. The first-order valence-corrected chi connectivity index (χ1v) is 10.9. The molecule has 0 saturated heterocycles. The van der Waals surface area contributed by atoms with Crippen LogP contribution in [-0.2, 0) is 0 Å². The molecular weight excluding hydrogens is 378 g/mol. The van der Waals surface area contributed by atoms with Crippen molar-refractivity contribution in [3.63, 3.8) is 0 Å². The summed E-state index contributed by atoms with van der Waals surface area (Å²) in [5.41, 5.74) is 1.10. The number of fused-ring (bicyclic) bond motifs is 3. The fourth-order valence-corrected chi connectivity index (χ4v) is 4.02. The summed E-state index contributed by atoms with van der Waals surface area (Å²) in [6.07, 6.45) is 4.89. The third-order valence-corrected chi connectivity index (χ3v) is 5.55. The fraction of sp³-hybridized carbons (Fsp3) is 0.600. The standard InChI is InChI=1S/C23H30O4.C2H7N/c1-4-6-8-15(3)18(24)12-11-16-19(25)14-21-22(16)17-9-7-10-20(23(17)27-21)26-13-5-2;1-3-2/h7,9-12,15-16,18-19,21-22,24-25H,5,8,13-14H2,1-3H3;3H,1-2H3/t15-,16+,18-,19-,21+,22+;/m1./s1. The Bertz CT molecular complexity index is 751. The number of nitrogens with one attached hydrogen (secondary N) is 1. The summed E-state index contributed by atoms with van der Waals surface area (Å²) in [6, 6.07) is 5.99. The number of rotatable bonds is 7. The molecule has 0 unspecified atom stereocenters. The van der Waals surface area contributed by atoms with Crippen molar-refractivity contribution in [1.29, 1.82) is 0 Å². The number of benzene rings is 1. The second-order valence-corrected chi connectivity index (χ2v) is 8.07. The smallest absolute Gasteiger partial charge is 0.165 e. The van der Waals surface area contributed by atoms with E-state index in [0.29, 0.717) is 19.4 Å². The zero-order valence-electron chi connectivity index (χ0n) is 18.9. The van der Waals surface area contributed by atoms with Gasteiger partial charge in [0.2, 0.25) is 0 Å². The van der Waals surface area contributed by atoms with E-state index in [4.69, 9.17) is 9.47 Å². The maximum absolute atomic E-state index is 10.6. The molecule has 1 aliphatic heterocycles. The summed E-state index contributed by atoms with van der Waals surface area (Å²) in [6.45, 7) is 6.53. The van der Waals surface area contributed by atoms with E-state index in [0.717, 1.165) is 23.5 Å². The monoisotopic (exact) mass is 415 g/mol. The molecule has 0 radical (unpaired) electrons. The Morgan fingerprint density at radius 3 is 2.77 bits per heavy atom. The first-order valence-electron chi connectivity index (χ1n) is 10.9. The average Bonchev–Trinajstić information content (AvgIpc) is 3.24. The van der Waals surface area contributed by atoms with Gasteiger partial charge in [-0.25, -0.2) is 0 Å². The minimum Gasteiger partial charge on any atom is -0.490 e. The second-order valence-electron chi connectivity index (χ2n) is 8.07. The van der Waals surface area contributed by atoms with E-state index in [2.05, 4.69) is 30.1 Å². The molecular formula is C25H37NO4. The van der Waals surface area contributed by atoms with E-state index < -0.39 is 12.2 Å². The molecule has 1 aromatic carbocycles. The van der Waals surface area contributed by atoms with E-state index in [-0.39, 0.29) is 23.9 Å². The predicted molar refractivity (Wildman–Crippen MR) is 121 cm³/mol. The van der Waals surface area contributed by atoms with E-state index in [1.165, 1.54) is 0 Å². The van der Waals surface area contributed by atoms with Gasteiger partial charge in [0.05, 0.1) is 18.8 Å². The van der Waals surface area contributed by atoms with Gasteiger partial charge in [0.15, 0.2) is 11.5 Å². The van der Waals surface area contributed by atoms with Gasteiger partial charge in [-0.15, -0.1) is 11.8 Å². The van der Waals surface area contributed by atoms with Crippen molar-refractivity contribution in [1.82, 2.24) is 5.32 Å². The third kappa shape index (κ3) is 5.78. The van der Waals surface area contributed by atoms with Gasteiger partial charge in [0, 0.05) is 30.2 Å². The lowest BCUT2D eigenvalue weighted by Crippen LogP contribution is -2.19. The highest BCUT2D eigenvalue weighted by molar-refractivity contribution is 5.53. The van der Waals surface area contributed by atoms with E-state index in [1.807, 2.05) is 45.3 Å². The van der Waals surface area contributed by atoms with E-state index in [1.54, 1.807) is 6.92 Å². The molecule has 30 heavy (non-hydrogen) atoms. The zero-order valence-corrected chi connectivity index (χ0v) is 18.9. The maximum Gasteiger partial charge on any atom is 0.165 e. The van der Waals surface area contributed by atoms with Crippen LogP contribution in [0.25, 0.3) is 0 Å². The van der Waals surface area contributed by atoms with Crippen molar-refractivity contribution in [2.24, 2.45) is 11.8 Å². The number of aliphatic hydroxyl groups excluding tert-OH is 2. The van der Waals surface area contributed by atoms with Crippen LogP contribution in [0.4, 0.5) is 0 Å². The van der Waals surface area contributed by atoms with Crippen LogP contribution in [0.2, 0.25) is 0 Å². The Balaban J connectivity index is 0.00000101. The molecule has 1 aromatic rings. The first-order chi connectivity index (χ1) is 14.5. The van der Waals surface area contributed by atoms with Crippen LogP contribution in [0.1, 0.15) is 51.5 Å². The van der Waals surface area contributed by atoms with E-state index in [9.17, 15) is 10.2 Å². The first kappa shape index (κ1) is 24.3. The minimum atomic E-state index is -0.571. The highest BCUT2D eigenvalue weighted by Gasteiger charge is 2.49. The molecule has 3 N–H and O–H groups in total. The highest BCUT2D eigenvalue weighted by atomic mass is 16.5. The Labute approximate surface area is 181 Å². The average molecular weight is 416 g/mol. The molecule has 6 atom stereocenters. The molecule has 0 amide bonds. The van der Waals surface area contributed by atoms with Crippen molar-refractivity contribution in [3.8, 4) is 23.3 Å². The summed E-state index contributed by atoms with van der Waals surface area (Å²) < 4.78 is 12.0. The normalized spacial score (nSPS) is 25.8. The number of ether oxygens (including phenoxy) is 2. The summed E-state index contributed by atoms with van der Waals surface area (Å²) in [4.78, 5) is 0. The van der Waals surface area contributed by atoms with Crippen LogP contribution in [-0.4, -0.2) is 49.2 Å². The largest absolute Gasteiger partial charge is 0.490 e. The van der Waals surface area contributed by atoms with Crippen molar-refractivity contribution in [2.45, 2.75) is 64.3 Å². The lowest BCUT2D eigenvalue weighted by Gasteiger charge is -2.19. The van der Waals surface area contributed by atoms with Crippen molar-refractivity contribution in [2.75, 3.05) is 20.7 Å². The minimum absolute atomic E-state index is 0.0449. The van der Waals surface area contributed by atoms with Crippen LogP contribution in [0, 0.1) is 23.7 Å². The van der Waals surface area contributed by atoms with Gasteiger partial charge in [-0.2, -0.15) is 0 Å². The molecule has 0 bridgehead atoms. The van der Waals surface area contributed by atoms with Crippen LogP contribution in [0.15, 0.2) is 30.4 Å². The number of hydrogen-bond acceptors (Lipinski definition) is 5. The molecule has 5 nitrogen and oxygen atoms in total. The van der Waals surface area contributed by atoms with Crippen molar-refractivity contribution < 1.29 is 19.7 Å². The van der Waals surface area contributed by atoms with Crippen LogP contribution >= 0.6 is 0 Å². The predicted octanol–water partition coefficient (Wildman–Crippen LogP) is 3.50. The van der Waals surface area contributed by atoms with Gasteiger partial charge in [-0.05, 0) is 39.4 Å². The fourth-order valence-electron chi connectivity index (χ4n) is 4.02. The summed E-state index contributed by atoms with van der Waals surface area (Å²) in [5, 5.41) is 23.7. The maximum atomic E-state index is 10.6. The number of hydrogen-bond donors (Lipinski definition) is 3. The SMILES string of the molecule is CC#CC[C@@H](C)[C@H](O)C=C[C@@H]1[C@H]2c3cccc(OCCC)c3O[C@H]2C[C@H]1O.CNC. The summed E-state index contributed by atoms with van der Waals surface area (Å²) >= 11 is 0. The Morgan fingerprint density at radius 2 is 2.10 bits per heavy atom. The van der Waals surface area contributed by atoms with Crippen molar-refractivity contribution in [3.05, 3.63) is 35.9 Å². The lowest BCUT2D eigenvalue weighted by molar-refractivity contribution is 0.133. The molecule has 1 heterocycles. The van der Waals surface area contributed by atoms with Gasteiger partial charge in [-0.1, -0.05) is 38.1 Å². The zero-order chi connectivity index (χ0) is 22.1. The molecule has 1 fully saturated rings. The number of para-hydroxylation sites is 1. The Morgan fingerprint density at radius 1 is 1.37 bits per heavy atom. The molecule has 0 aromatic heterocycles. The highest BCUT2D eigenvalue weighted by Crippen LogP contribution is 2.53. The van der Waals surface area contributed by atoms with Crippen LogP contribution < -0.4 is 14.8 Å². The molecule has 1 aliphatic carbocycles. The van der Waals surface area contributed by atoms with Gasteiger partial charge in [0.1, 0.15) is 6.10 Å². The molecule has 2 aliphatic rings. The van der Waals surface area contributed by atoms with E-state index >= 15 is 0 Å². The van der Waals surface area contributed by atoms with Crippen LogP contribution in [0.5, 0.6) is 11.5 Å². The van der Waals surface area contributed by atoms with Gasteiger partial charge in [0.25, 0.3) is 0 Å². The topological polar surface area (TPSA) is 71.0 Å². The van der Waals surface area contributed by atoms with Crippen molar-refractivity contribution >= 4 is 0 Å². The lowest BCUT2D eigenvalue weighted by atomic mass is 9.87. The number of aliphatic hydroxyl groups is 2. The Kier molecular flexibility index (Phi) is 9.71. The quantitative estimate of drug-likeness (QED) is 0.470. The molecule has 5 heteroatoms. The Hall–Kier alpha value is -2.00. The molecule has 3 rings (SSSR count). The van der Waals surface area contributed by atoms with Gasteiger partial charge < -0.3 is 25.0 Å². The molecule has 1 saturated carbocycles. The summed E-state index contributed by atoms with van der Waals surface area (Å²) in [7, 11) is 3.75. The van der Waals surface area contributed by atoms with Gasteiger partial charge >= 0.3 is 0 Å². The second kappa shape index (κ2) is 12.0. The van der Waals surface area contributed by atoms with Gasteiger partial charge in [-0.3, -0.25) is 0 Å².